The third-order valence-electron chi connectivity index (χ3n) is 1.65. The molecule has 5 heteroatoms. The first-order chi connectivity index (χ1) is 6.72. The van der Waals surface area contributed by atoms with Crippen LogP contribution in [0.4, 0.5) is 4.79 Å². The van der Waals surface area contributed by atoms with Crippen molar-refractivity contribution in [2.45, 2.75) is 19.5 Å². The van der Waals surface area contributed by atoms with Gasteiger partial charge in [0.25, 0.3) is 0 Å². The molecule has 1 unspecified atom stereocenters. The van der Waals surface area contributed by atoms with Gasteiger partial charge in [-0.05, 0) is 18.4 Å². The lowest BCUT2D eigenvalue weighted by Crippen LogP contribution is -2.41. The maximum absolute atomic E-state index is 11.2. The lowest BCUT2D eigenvalue weighted by Gasteiger charge is -2.11. The van der Waals surface area contributed by atoms with E-state index >= 15 is 0 Å². The third-order valence-corrected chi connectivity index (χ3v) is 2.53. The lowest BCUT2D eigenvalue weighted by atomic mass is 10.4. The molecule has 0 aliphatic heterocycles. The molecule has 1 heterocycles. The minimum atomic E-state index is -0.250. The summed E-state index contributed by atoms with van der Waals surface area (Å²) in [5.74, 6) is 0. The normalized spacial score (nSPS) is 12.1. The van der Waals surface area contributed by atoms with Crippen LogP contribution in [0.1, 0.15) is 11.8 Å². The Hall–Kier alpha value is -1.07. The average molecular weight is 214 g/mol. The van der Waals surface area contributed by atoms with E-state index in [0.717, 1.165) is 4.88 Å². The van der Waals surface area contributed by atoms with Gasteiger partial charge in [-0.2, -0.15) is 0 Å². The zero-order chi connectivity index (χ0) is 10.4. The van der Waals surface area contributed by atoms with Crippen molar-refractivity contribution in [3.05, 3.63) is 22.4 Å². The fourth-order valence-electron chi connectivity index (χ4n) is 0.901. The number of hydrogen-bond donors (Lipinski definition) is 3. The van der Waals surface area contributed by atoms with Crippen molar-refractivity contribution in [2.75, 3.05) is 6.61 Å². The number of aliphatic hydroxyl groups is 1. The van der Waals surface area contributed by atoms with Crippen LogP contribution in [0.3, 0.4) is 0 Å². The third kappa shape index (κ3) is 3.76. The fraction of sp³-hybridized carbons (Fsp3) is 0.444. The number of thiophene rings is 1. The summed E-state index contributed by atoms with van der Waals surface area (Å²) in [7, 11) is 0. The van der Waals surface area contributed by atoms with Gasteiger partial charge in [-0.3, -0.25) is 0 Å². The van der Waals surface area contributed by atoms with Gasteiger partial charge in [-0.1, -0.05) is 6.07 Å². The molecular formula is C9H14N2O2S. The molecule has 0 aliphatic carbocycles. The van der Waals surface area contributed by atoms with E-state index in [4.69, 9.17) is 5.11 Å². The zero-order valence-corrected chi connectivity index (χ0v) is 8.80. The molecule has 0 fully saturated rings. The Morgan fingerprint density at radius 3 is 3.07 bits per heavy atom. The van der Waals surface area contributed by atoms with Crippen LogP contribution < -0.4 is 10.6 Å². The second kappa shape index (κ2) is 5.62. The van der Waals surface area contributed by atoms with Gasteiger partial charge in [-0.25, -0.2) is 4.79 Å². The molecule has 0 saturated carbocycles. The van der Waals surface area contributed by atoms with Gasteiger partial charge in [0.2, 0.25) is 0 Å². The molecule has 4 nitrogen and oxygen atoms in total. The van der Waals surface area contributed by atoms with E-state index in [-0.39, 0.29) is 18.7 Å². The summed E-state index contributed by atoms with van der Waals surface area (Å²) >= 11 is 1.60. The highest BCUT2D eigenvalue weighted by Gasteiger charge is 2.04. The Balaban J connectivity index is 2.22. The first kappa shape index (κ1) is 11.0. The quantitative estimate of drug-likeness (QED) is 0.698. The number of carbonyl (C=O) groups is 1. The van der Waals surface area contributed by atoms with Crippen LogP contribution >= 0.6 is 11.3 Å². The molecule has 0 aliphatic rings. The van der Waals surface area contributed by atoms with Crippen molar-refractivity contribution in [1.29, 1.82) is 0 Å². The van der Waals surface area contributed by atoms with Crippen LogP contribution in [0.15, 0.2) is 17.5 Å². The second-order valence-corrected chi connectivity index (χ2v) is 4.02. The Morgan fingerprint density at radius 2 is 2.50 bits per heavy atom. The molecule has 0 saturated heterocycles. The van der Waals surface area contributed by atoms with Crippen molar-refractivity contribution >= 4 is 17.4 Å². The van der Waals surface area contributed by atoms with E-state index < -0.39 is 0 Å². The molecule has 0 spiro atoms. The maximum atomic E-state index is 11.2. The summed E-state index contributed by atoms with van der Waals surface area (Å²) in [4.78, 5) is 12.3. The maximum Gasteiger partial charge on any atom is 0.315 e. The van der Waals surface area contributed by atoms with Crippen LogP contribution in [0.25, 0.3) is 0 Å². The molecule has 2 amide bonds. The molecular weight excluding hydrogens is 200 g/mol. The van der Waals surface area contributed by atoms with Gasteiger partial charge in [0.15, 0.2) is 0 Å². The number of nitrogens with one attached hydrogen (secondary N) is 2. The number of urea groups is 1. The summed E-state index contributed by atoms with van der Waals surface area (Å²) in [5, 5.41) is 16.0. The van der Waals surface area contributed by atoms with Crippen molar-refractivity contribution in [2.24, 2.45) is 0 Å². The van der Waals surface area contributed by atoms with Crippen molar-refractivity contribution in [1.82, 2.24) is 10.6 Å². The number of rotatable bonds is 4. The first-order valence-corrected chi connectivity index (χ1v) is 5.28. The smallest absolute Gasteiger partial charge is 0.315 e. The largest absolute Gasteiger partial charge is 0.394 e. The zero-order valence-electron chi connectivity index (χ0n) is 7.99. The van der Waals surface area contributed by atoms with E-state index in [1.807, 2.05) is 17.5 Å². The van der Waals surface area contributed by atoms with Crippen molar-refractivity contribution in [3.8, 4) is 0 Å². The van der Waals surface area contributed by atoms with Gasteiger partial charge < -0.3 is 15.7 Å². The first-order valence-electron chi connectivity index (χ1n) is 4.40. The number of carbonyl (C=O) groups excluding carboxylic acids is 1. The predicted octanol–water partition coefficient (Wildman–Crippen LogP) is 0.928. The van der Waals surface area contributed by atoms with E-state index in [2.05, 4.69) is 10.6 Å². The van der Waals surface area contributed by atoms with E-state index in [1.54, 1.807) is 18.3 Å². The van der Waals surface area contributed by atoms with Crippen molar-refractivity contribution < 1.29 is 9.90 Å². The van der Waals surface area contributed by atoms with Gasteiger partial charge in [0.05, 0.1) is 19.2 Å². The van der Waals surface area contributed by atoms with Gasteiger partial charge in [0, 0.05) is 4.88 Å². The minimum absolute atomic E-state index is 0.0492. The fourth-order valence-corrected chi connectivity index (χ4v) is 1.55. The molecule has 0 bridgehead atoms. The van der Waals surface area contributed by atoms with E-state index in [9.17, 15) is 4.79 Å². The van der Waals surface area contributed by atoms with E-state index in [0.29, 0.717) is 6.54 Å². The molecule has 1 aromatic rings. The Morgan fingerprint density at radius 1 is 1.71 bits per heavy atom. The van der Waals surface area contributed by atoms with Gasteiger partial charge in [0.1, 0.15) is 0 Å². The SMILES string of the molecule is CC(CO)NC(=O)NCc1cccs1. The van der Waals surface area contributed by atoms with Crippen LogP contribution in [0.2, 0.25) is 0 Å². The topological polar surface area (TPSA) is 61.4 Å². The molecule has 3 N–H and O–H groups in total. The summed E-state index contributed by atoms with van der Waals surface area (Å²) in [6.45, 7) is 2.22. The number of amides is 2. The molecule has 0 aromatic carbocycles. The minimum Gasteiger partial charge on any atom is -0.394 e. The number of hydrogen-bond acceptors (Lipinski definition) is 3. The summed E-state index contributed by atoms with van der Waals surface area (Å²) < 4.78 is 0. The molecule has 1 atom stereocenters. The van der Waals surface area contributed by atoms with Crippen molar-refractivity contribution in [3.63, 3.8) is 0 Å². The second-order valence-electron chi connectivity index (χ2n) is 2.99. The highest BCUT2D eigenvalue weighted by molar-refractivity contribution is 7.09. The highest BCUT2D eigenvalue weighted by Crippen LogP contribution is 2.06. The molecule has 78 valence electrons. The Bertz CT molecular complexity index is 274. The summed E-state index contributed by atoms with van der Waals surface area (Å²) in [5.41, 5.74) is 0. The summed E-state index contributed by atoms with van der Waals surface area (Å²) in [6.07, 6.45) is 0. The van der Waals surface area contributed by atoms with Crippen LogP contribution in [-0.2, 0) is 6.54 Å². The van der Waals surface area contributed by atoms with Crippen LogP contribution in [0, 0.1) is 0 Å². The van der Waals surface area contributed by atoms with Gasteiger partial charge in [-0.15, -0.1) is 11.3 Å². The predicted molar refractivity (Wildman–Crippen MR) is 56.2 cm³/mol. The van der Waals surface area contributed by atoms with Crippen LogP contribution in [0.5, 0.6) is 0 Å². The average Bonchev–Trinajstić information content (AvgIpc) is 2.67. The molecule has 1 rings (SSSR count). The van der Waals surface area contributed by atoms with E-state index in [1.165, 1.54) is 0 Å². The van der Waals surface area contributed by atoms with Crippen LogP contribution in [-0.4, -0.2) is 23.8 Å². The Labute approximate surface area is 87.0 Å². The molecule has 14 heavy (non-hydrogen) atoms. The van der Waals surface area contributed by atoms with Gasteiger partial charge >= 0.3 is 6.03 Å². The Kier molecular flexibility index (Phi) is 4.42. The lowest BCUT2D eigenvalue weighted by molar-refractivity contribution is 0.220. The molecule has 1 aromatic heterocycles. The number of aliphatic hydroxyl groups excluding tert-OH is 1. The molecule has 0 radical (unpaired) electrons. The monoisotopic (exact) mass is 214 g/mol. The summed E-state index contributed by atoms with van der Waals surface area (Å²) in [6, 6.07) is 3.44. The highest BCUT2D eigenvalue weighted by atomic mass is 32.1. The standard InChI is InChI=1S/C9H14N2O2S/c1-7(6-12)11-9(13)10-5-8-3-2-4-14-8/h2-4,7,12H,5-6H2,1H3,(H2,10,11,13).